The van der Waals surface area contributed by atoms with E-state index in [1.165, 1.54) is 17.9 Å². The van der Waals surface area contributed by atoms with Crippen molar-refractivity contribution in [1.29, 1.82) is 1.43 Å². The Morgan fingerprint density at radius 1 is 1.37 bits per heavy atom. The highest BCUT2D eigenvalue weighted by Crippen LogP contribution is 2.50. The maximum absolute atomic E-state index is 13.3. The molecule has 3 unspecified atom stereocenters. The van der Waals surface area contributed by atoms with Crippen molar-refractivity contribution in [3.8, 4) is 12.3 Å². The first kappa shape index (κ1) is 32.7. The van der Waals surface area contributed by atoms with Crippen molar-refractivity contribution in [3.63, 3.8) is 0 Å². The molecule has 12 nitrogen and oxygen atoms in total. The Balaban J connectivity index is 0.00000226. The van der Waals surface area contributed by atoms with E-state index in [0.29, 0.717) is 11.1 Å². The minimum Gasteiger partial charge on any atom is -0.400 e. The Morgan fingerprint density at radius 3 is 2.63 bits per heavy atom. The van der Waals surface area contributed by atoms with Gasteiger partial charge >= 0.3 is 5.69 Å². The number of carbonyl (C=O) groups is 1. The maximum atomic E-state index is 13.3. The zero-order valence-electron chi connectivity index (χ0n) is 27.4. The molecule has 2 aromatic rings. The molecule has 1 saturated heterocycles. The number of aromatic nitrogens is 2. The molecule has 0 saturated carbocycles. The lowest BCUT2D eigenvalue weighted by atomic mass is 10.1. The van der Waals surface area contributed by atoms with Gasteiger partial charge in [-0.1, -0.05) is 24.1 Å². The van der Waals surface area contributed by atoms with Crippen LogP contribution in [0.1, 0.15) is 58.1 Å². The second-order valence-corrected chi connectivity index (χ2v) is 11.3. The Morgan fingerprint density at radius 2 is 2.05 bits per heavy atom. The molecule has 1 amide bonds. The van der Waals surface area contributed by atoms with Gasteiger partial charge in [-0.2, -0.15) is 4.98 Å². The number of benzene rings is 1. The molecule has 234 valence electrons. The first-order chi connectivity index (χ1) is 21.5. The Bertz CT molecular complexity index is 1340. The van der Waals surface area contributed by atoms with Crippen LogP contribution >= 0.6 is 8.53 Å². The van der Waals surface area contributed by atoms with Gasteiger partial charge in [-0.3, -0.25) is 9.36 Å². The van der Waals surface area contributed by atoms with Gasteiger partial charge in [-0.05, 0) is 53.7 Å². The van der Waals surface area contributed by atoms with E-state index in [4.69, 9.17) is 34.3 Å². The standard InChI is InChI=1S/C29H38N5O6P.CH4O/c1-9-16-37-25-24(40-41(38-17-15-30-8)34(19(2)3)20(4)5)22(7)39-28(25)33-18-21(6)26(32-29(33)36)31-27(35)23-13-11-10-12-14-23;1-2/h1,10-14,18-20,22,24-25,28H,15-17H2,2-7H3,(H,31,32,35,36);2H,1H3/t22-,24?,25?,28-,41?;/m1./s1/i7D;2T. The molecule has 43 heavy (non-hydrogen) atoms. The van der Waals surface area contributed by atoms with Gasteiger partial charge in [-0.25, -0.2) is 16.0 Å². The van der Waals surface area contributed by atoms with E-state index in [2.05, 4.69) is 30.8 Å². The molecule has 0 radical (unpaired) electrons. The fraction of sp³-hybridized carbons (Fsp3) is 0.533. The molecule has 0 spiro atoms. The fourth-order valence-corrected chi connectivity index (χ4v) is 6.18. The third-order valence-corrected chi connectivity index (χ3v) is 8.31. The minimum atomic E-state index is -1.69. The van der Waals surface area contributed by atoms with Gasteiger partial charge < -0.3 is 33.8 Å². The van der Waals surface area contributed by atoms with E-state index < -0.39 is 44.7 Å². The summed E-state index contributed by atoms with van der Waals surface area (Å²) in [5.74, 6) is 2.17. The number of rotatable bonds is 13. The summed E-state index contributed by atoms with van der Waals surface area (Å²) in [6.07, 6.45) is 3.55. The zero-order valence-corrected chi connectivity index (χ0v) is 26.3. The maximum Gasteiger partial charge on any atom is 0.351 e. The molecule has 1 aliphatic heterocycles. The van der Waals surface area contributed by atoms with Gasteiger partial charge in [0.1, 0.15) is 31.2 Å². The molecule has 5 atom stereocenters. The predicted molar refractivity (Wildman–Crippen MR) is 165 cm³/mol. The average Bonchev–Trinajstić information content (AvgIpc) is 3.34. The molecule has 3 rings (SSSR count). The van der Waals surface area contributed by atoms with Crippen molar-refractivity contribution >= 4 is 20.3 Å². The first-order valence-corrected chi connectivity index (χ1v) is 14.8. The molecule has 13 heteroatoms. The number of carbonyl (C=O) groups excluding carboxylic acids is 1. The Labute approximate surface area is 258 Å². The molecular weight excluding hydrogens is 573 g/mol. The van der Waals surface area contributed by atoms with Crippen LogP contribution < -0.4 is 11.0 Å². The van der Waals surface area contributed by atoms with Crippen molar-refractivity contribution in [2.24, 2.45) is 0 Å². The number of hydrogen-bond acceptors (Lipinski definition) is 9. The summed E-state index contributed by atoms with van der Waals surface area (Å²) >= 11 is 0. The van der Waals surface area contributed by atoms with Crippen LogP contribution in [0.5, 0.6) is 0 Å². The number of ether oxygens (including phenoxy) is 2. The third kappa shape index (κ3) is 9.65. The number of amides is 1. The van der Waals surface area contributed by atoms with Crippen molar-refractivity contribution in [1.82, 2.24) is 14.2 Å². The molecule has 1 aliphatic rings. The topological polar surface area (TPSA) is 129 Å². The molecule has 2 heterocycles. The van der Waals surface area contributed by atoms with Crippen LogP contribution in [-0.4, -0.2) is 83.9 Å². The number of hydrogen-bond donors (Lipinski definition) is 2. The summed E-state index contributed by atoms with van der Waals surface area (Å²) in [5.41, 5.74) is 0.254. The molecule has 2 N–H and O–H groups in total. The van der Waals surface area contributed by atoms with Crippen LogP contribution in [0.4, 0.5) is 5.82 Å². The second kappa shape index (κ2) is 17.8. The lowest BCUT2D eigenvalue weighted by Gasteiger charge is -2.37. The van der Waals surface area contributed by atoms with Crippen LogP contribution in [-0.2, 0) is 18.5 Å². The molecule has 1 fully saturated rings. The Hall–Kier alpha value is -3.19. The number of aliphatic hydroxyl groups is 1. The summed E-state index contributed by atoms with van der Waals surface area (Å²) in [6, 6.07) is 8.70. The first-order valence-electron chi connectivity index (χ1n) is 14.8. The summed E-state index contributed by atoms with van der Waals surface area (Å²) in [6.45, 7) is 17.0. The smallest absolute Gasteiger partial charge is 0.351 e. The van der Waals surface area contributed by atoms with E-state index in [1.54, 1.807) is 37.3 Å². The minimum absolute atomic E-state index is 0.0507. The second-order valence-electron chi connectivity index (χ2n) is 9.92. The quantitative estimate of drug-likeness (QED) is 0.148. The largest absolute Gasteiger partial charge is 0.400 e. The van der Waals surface area contributed by atoms with Crippen molar-refractivity contribution in [3.05, 3.63) is 69.6 Å². The summed E-state index contributed by atoms with van der Waals surface area (Å²) < 4.78 is 42.0. The molecule has 0 aliphatic carbocycles. The van der Waals surface area contributed by atoms with Gasteiger partial charge in [0, 0.05) is 37.9 Å². The predicted octanol–water partition coefficient (Wildman–Crippen LogP) is 4.02. The van der Waals surface area contributed by atoms with Crippen LogP contribution in [0.25, 0.3) is 4.85 Å². The number of terminal acetylenes is 1. The summed E-state index contributed by atoms with van der Waals surface area (Å²) in [5, 5.41) is 6.19. The van der Waals surface area contributed by atoms with E-state index in [1.807, 2.05) is 27.7 Å². The van der Waals surface area contributed by atoms with Crippen LogP contribution in [0.3, 0.4) is 0 Å². The van der Waals surface area contributed by atoms with Crippen LogP contribution in [0.15, 0.2) is 41.3 Å². The highest BCUT2D eigenvalue weighted by Gasteiger charge is 2.48. The van der Waals surface area contributed by atoms with Gasteiger partial charge in [-0.15, -0.1) is 6.42 Å². The zero-order chi connectivity index (χ0) is 33.5. The van der Waals surface area contributed by atoms with E-state index in [0.717, 1.165) is 0 Å². The van der Waals surface area contributed by atoms with Gasteiger partial charge in [0.25, 0.3) is 14.4 Å². The molecular formula is C30H42N5O7P. The highest BCUT2D eigenvalue weighted by molar-refractivity contribution is 7.44. The number of aliphatic hydroxyl groups excluding tert-OH is 1. The SMILES string of the molecule is [2H]C[C@H]1O[C@@H](n2cc(C)c(NC(=O)c3ccccc3)nc2=O)C(OCC#C)C1OP(OCC[N+]#[C-])N(C(C)C)C(C)C.[3H]OC. The normalized spacial score (nSPS) is 20.9. The van der Waals surface area contributed by atoms with Crippen LogP contribution in [0.2, 0.25) is 0 Å². The molecule has 1 aromatic heterocycles. The third-order valence-electron chi connectivity index (χ3n) is 6.18. The number of nitrogens with one attached hydrogen (secondary N) is 1. The van der Waals surface area contributed by atoms with Crippen molar-refractivity contribution in [2.75, 3.05) is 32.2 Å². The summed E-state index contributed by atoms with van der Waals surface area (Å²) in [4.78, 5) is 33.4. The molecule has 1 aromatic carbocycles. The number of nitrogens with zero attached hydrogens (tertiary/aromatic N) is 4. The monoisotopic (exact) mass is 618 g/mol. The average molecular weight is 619 g/mol. The number of aryl methyl sites for hydroxylation is 1. The van der Waals surface area contributed by atoms with Gasteiger partial charge in [0.2, 0.25) is 7.98 Å². The highest BCUT2D eigenvalue weighted by atomic mass is 31.2. The van der Waals surface area contributed by atoms with Crippen molar-refractivity contribution < 1.29 is 29.8 Å². The summed E-state index contributed by atoms with van der Waals surface area (Å²) in [7, 11) is -0.403. The van der Waals surface area contributed by atoms with E-state index >= 15 is 0 Å². The van der Waals surface area contributed by atoms with Gasteiger partial charge in [0.15, 0.2) is 6.23 Å². The lowest BCUT2D eigenvalue weighted by Crippen LogP contribution is -2.41. The van der Waals surface area contributed by atoms with E-state index in [-0.39, 0.29) is 44.6 Å². The van der Waals surface area contributed by atoms with Gasteiger partial charge in [0.05, 0.1) is 6.10 Å². The van der Waals surface area contributed by atoms with E-state index in [9.17, 15) is 9.59 Å². The fourth-order valence-electron chi connectivity index (χ4n) is 4.42. The molecule has 0 bridgehead atoms. The lowest BCUT2D eigenvalue weighted by molar-refractivity contribution is -0.0593. The Kier molecular flexibility index (Phi) is 13.6. The number of anilines is 1. The van der Waals surface area contributed by atoms with Crippen LogP contribution in [0, 0.1) is 25.8 Å². The van der Waals surface area contributed by atoms with Crippen molar-refractivity contribution in [2.45, 2.75) is 78.1 Å².